The molecule has 0 bridgehead atoms. The van der Waals surface area contributed by atoms with Crippen molar-refractivity contribution in [3.05, 3.63) is 64.1 Å². The van der Waals surface area contributed by atoms with E-state index in [0.717, 1.165) is 0 Å². The lowest BCUT2D eigenvalue weighted by Crippen LogP contribution is -2.38. The van der Waals surface area contributed by atoms with Gasteiger partial charge in [0.25, 0.3) is 11.5 Å². The molecule has 1 atom stereocenters. The molecule has 7 nitrogen and oxygen atoms in total. The van der Waals surface area contributed by atoms with Crippen LogP contribution >= 0.6 is 0 Å². The van der Waals surface area contributed by atoms with Gasteiger partial charge in [-0.25, -0.2) is 4.68 Å². The standard InChI is InChI=1S/C16H18N4O3/c1-2-10-20-13(21)9-8-12(19-20)16(23)18-14(15(17)22)11-6-4-3-5-7-11/h3-9,14H,2,10H2,1H3,(H2,17,22)(H,18,23). The first kappa shape index (κ1) is 16.4. The first-order valence-electron chi connectivity index (χ1n) is 7.26. The number of nitrogens with zero attached hydrogens (tertiary/aromatic N) is 2. The van der Waals surface area contributed by atoms with Crippen molar-refractivity contribution in [3.8, 4) is 0 Å². The zero-order valence-electron chi connectivity index (χ0n) is 12.7. The summed E-state index contributed by atoms with van der Waals surface area (Å²) >= 11 is 0. The second kappa shape index (κ2) is 7.35. The van der Waals surface area contributed by atoms with Crippen LogP contribution in [-0.4, -0.2) is 21.6 Å². The Labute approximate surface area is 133 Å². The molecule has 0 aliphatic rings. The van der Waals surface area contributed by atoms with E-state index >= 15 is 0 Å². The number of nitrogens with two attached hydrogens (primary N) is 1. The topological polar surface area (TPSA) is 107 Å². The molecule has 2 aromatic rings. The summed E-state index contributed by atoms with van der Waals surface area (Å²) in [6.45, 7) is 2.32. The predicted molar refractivity (Wildman–Crippen MR) is 84.6 cm³/mol. The molecule has 0 saturated carbocycles. The quantitative estimate of drug-likeness (QED) is 0.814. The fourth-order valence-electron chi connectivity index (χ4n) is 2.11. The normalized spacial score (nSPS) is 11.7. The van der Waals surface area contributed by atoms with E-state index in [1.165, 1.54) is 16.8 Å². The van der Waals surface area contributed by atoms with Gasteiger partial charge in [-0.2, -0.15) is 5.10 Å². The Hall–Kier alpha value is -2.96. The number of nitrogens with one attached hydrogen (secondary N) is 1. The van der Waals surface area contributed by atoms with Gasteiger partial charge in [-0.1, -0.05) is 37.3 Å². The molecule has 0 radical (unpaired) electrons. The first-order chi connectivity index (χ1) is 11.0. The van der Waals surface area contributed by atoms with Gasteiger partial charge in [-0.3, -0.25) is 14.4 Å². The van der Waals surface area contributed by atoms with E-state index in [9.17, 15) is 14.4 Å². The molecule has 0 aliphatic heterocycles. The molecule has 7 heteroatoms. The predicted octanol–water partition coefficient (Wildman–Crippen LogP) is 0.610. The maximum absolute atomic E-state index is 12.3. The Kier molecular flexibility index (Phi) is 5.24. The number of carbonyl (C=O) groups is 2. The van der Waals surface area contributed by atoms with Crippen molar-refractivity contribution in [2.75, 3.05) is 0 Å². The third kappa shape index (κ3) is 4.03. The maximum Gasteiger partial charge on any atom is 0.272 e. The van der Waals surface area contributed by atoms with E-state index < -0.39 is 17.9 Å². The minimum absolute atomic E-state index is 0.0558. The number of carbonyl (C=O) groups excluding carboxylic acids is 2. The summed E-state index contributed by atoms with van der Waals surface area (Å²) in [7, 11) is 0. The molecule has 3 N–H and O–H groups in total. The van der Waals surface area contributed by atoms with Crippen LogP contribution < -0.4 is 16.6 Å². The van der Waals surface area contributed by atoms with E-state index in [2.05, 4.69) is 10.4 Å². The van der Waals surface area contributed by atoms with Crippen molar-refractivity contribution >= 4 is 11.8 Å². The van der Waals surface area contributed by atoms with Crippen molar-refractivity contribution < 1.29 is 9.59 Å². The molecule has 0 spiro atoms. The Morgan fingerprint density at radius 2 is 1.91 bits per heavy atom. The number of primary amides is 1. The summed E-state index contributed by atoms with van der Waals surface area (Å²) in [5.74, 6) is -1.24. The molecule has 0 aliphatic carbocycles. The molecular weight excluding hydrogens is 296 g/mol. The highest BCUT2D eigenvalue weighted by Crippen LogP contribution is 2.12. The Bertz CT molecular complexity index is 755. The minimum Gasteiger partial charge on any atom is -0.368 e. The second-order valence-electron chi connectivity index (χ2n) is 5.00. The first-order valence-corrected chi connectivity index (χ1v) is 7.26. The monoisotopic (exact) mass is 314 g/mol. The van der Waals surface area contributed by atoms with Gasteiger partial charge in [0, 0.05) is 12.6 Å². The van der Waals surface area contributed by atoms with Crippen LogP contribution in [0.25, 0.3) is 0 Å². The number of aryl methyl sites for hydroxylation is 1. The highest BCUT2D eigenvalue weighted by atomic mass is 16.2. The van der Waals surface area contributed by atoms with E-state index in [1.54, 1.807) is 30.3 Å². The molecule has 1 aromatic carbocycles. The van der Waals surface area contributed by atoms with Crippen LogP contribution in [-0.2, 0) is 11.3 Å². The number of rotatable bonds is 6. The smallest absolute Gasteiger partial charge is 0.272 e. The molecular formula is C16H18N4O3. The molecule has 120 valence electrons. The van der Waals surface area contributed by atoms with Gasteiger partial charge >= 0.3 is 0 Å². The summed E-state index contributed by atoms with van der Waals surface area (Å²) in [6.07, 6.45) is 0.714. The summed E-state index contributed by atoms with van der Waals surface area (Å²) in [5, 5.41) is 6.55. The van der Waals surface area contributed by atoms with E-state index in [-0.39, 0.29) is 11.3 Å². The molecule has 23 heavy (non-hydrogen) atoms. The van der Waals surface area contributed by atoms with Crippen molar-refractivity contribution in [1.29, 1.82) is 0 Å². The molecule has 2 rings (SSSR count). The number of aromatic nitrogens is 2. The van der Waals surface area contributed by atoms with Gasteiger partial charge in [0.2, 0.25) is 5.91 Å². The van der Waals surface area contributed by atoms with Crippen LogP contribution in [0, 0.1) is 0 Å². The van der Waals surface area contributed by atoms with Crippen molar-refractivity contribution in [2.24, 2.45) is 5.73 Å². The van der Waals surface area contributed by atoms with Crippen molar-refractivity contribution in [1.82, 2.24) is 15.1 Å². The average Bonchev–Trinajstić information content (AvgIpc) is 2.55. The van der Waals surface area contributed by atoms with Crippen LogP contribution in [0.2, 0.25) is 0 Å². The van der Waals surface area contributed by atoms with Gasteiger partial charge in [-0.15, -0.1) is 0 Å². The van der Waals surface area contributed by atoms with Crippen molar-refractivity contribution in [2.45, 2.75) is 25.9 Å². The van der Waals surface area contributed by atoms with Crippen LogP contribution in [0.4, 0.5) is 0 Å². The lowest BCUT2D eigenvalue weighted by Gasteiger charge is -2.15. The highest BCUT2D eigenvalue weighted by molar-refractivity contribution is 5.96. The summed E-state index contributed by atoms with van der Waals surface area (Å²) < 4.78 is 1.22. The zero-order chi connectivity index (χ0) is 16.8. The number of hydrogen-bond donors (Lipinski definition) is 2. The van der Waals surface area contributed by atoms with Crippen LogP contribution in [0.3, 0.4) is 0 Å². The van der Waals surface area contributed by atoms with Gasteiger partial charge in [0.1, 0.15) is 11.7 Å². The average molecular weight is 314 g/mol. The second-order valence-corrected chi connectivity index (χ2v) is 5.00. The van der Waals surface area contributed by atoms with E-state index in [0.29, 0.717) is 18.5 Å². The van der Waals surface area contributed by atoms with Crippen LogP contribution in [0.1, 0.15) is 35.4 Å². The lowest BCUT2D eigenvalue weighted by molar-refractivity contribution is -0.120. The molecule has 1 heterocycles. The fraction of sp³-hybridized carbons (Fsp3) is 0.250. The lowest BCUT2D eigenvalue weighted by atomic mass is 10.1. The Morgan fingerprint density at radius 3 is 2.52 bits per heavy atom. The van der Waals surface area contributed by atoms with Gasteiger partial charge in [-0.05, 0) is 18.1 Å². The number of hydrogen-bond acceptors (Lipinski definition) is 4. The number of amides is 2. The summed E-state index contributed by atoms with van der Waals surface area (Å²) in [5.41, 5.74) is 5.72. The molecule has 2 amide bonds. The van der Waals surface area contributed by atoms with Gasteiger partial charge in [0.15, 0.2) is 0 Å². The Balaban J connectivity index is 2.24. The maximum atomic E-state index is 12.3. The Morgan fingerprint density at radius 1 is 1.22 bits per heavy atom. The minimum atomic E-state index is -0.961. The molecule has 1 unspecified atom stereocenters. The third-order valence-corrected chi connectivity index (χ3v) is 3.23. The zero-order valence-corrected chi connectivity index (χ0v) is 12.7. The third-order valence-electron chi connectivity index (χ3n) is 3.23. The SMILES string of the molecule is CCCn1nc(C(=O)NC(C(N)=O)c2ccccc2)ccc1=O. The number of benzene rings is 1. The molecule has 0 saturated heterocycles. The van der Waals surface area contributed by atoms with E-state index in [4.69, 9.17) is 5.73 Å². The van der Waals surface area contributed by atoms with Gasteiger partial charge in [0.05, 0.1) is 0 Å². The summed E-state index contributed by atoms with van der Waals surface area (Å²) in [4.78, 5) is 35.6. The molecule has 1 aromatic heterocycles. The summed E-state index contributed by atoms with van der Waals surface area (Å²) in [6, 6.07) is 10.3. The van der Waals surface area contributed by atoms with Crippen LogP contribution in [0.5, 0.6) is 0 Å². The van der Waals surface area contributed by atoms with Gasteiger partial charge < -0.3 is 11.1 Å². The van der Waals surface area contributed by atoms with E-state index in [1.807, 2.05) is 6.92 Å². The molecule has 0 fully saturated rings. The highest BCUT2D eigenvalue weighted by Gasteiger charge is 2.21. The largest absolute Gasteiger partial charge is 0.368 e. The fourth-order valence-corrected chi connectivity index (χ4v) is 2.11. The van der Waals surface area contributed by atoms with Crippen molar-refractivity contribution in [3.63, 3.8) is 0 Å². The van der Waals surface area contributed by atoms with Crippen LogP contribution in [0.15, 0.2) is 47.3 Å².